The number of carbonyl (C=O) groups is 1. The zero-order chi connectivity index (χ0) is 14.5. The summed E-state index contributed by atoms with van der Waals surface area (Å²) in [7, 11) is 0. The molecule has 2 N–H and O–H groups in total. The second-order valence-electron chi connectivity index (χ2n) is 4.84. The molecule has 0 fully saturated rings. The largest absolute Gasteiger partial charge is 0.456 e. The van der Waals surface area contributed by atoms with Gasteiger partial charge in [-0.15, -0.1) is 0 Å². The predicted molar refractivity (Wildman–Crippen MR) is 79.3 cm³/mol. The van der Waals surface area contributed by atoms with Crippen molar-refractivity contribution in [1.82, 2.24) is 4.90 Å². The van der Waals surface area contributed by atoms with E-state index in [9.17, 15) is 4.79 Å². The molecule has 2 aromatic rings. The standard InChI is InChI=1S/C16H20N2O2/c1-3-10-18(11-13-6-4-5-7-14(13)17)16(19)15-9-8-12(2)20-15/h4-9H,3,10-11,17H2,1-2H3. The molecule has 0 aliphatic carbocycles. The van der Waals surface area contributed by atoms with Gasteiger partial charge in [0, 0.05) is 18.8 Å². The summed E-state index contributed by atoms with van der Waals surface area (Å²) in [6, 6.07) is 11.1. The average molecular weight is 272 g/mol. The second-order valence-corrected chi connectivity index (χ2v) is 4.84. The highest BCUT2D eigenvalue weighted by molar-refractivity contribution is 5.91. The third-order valence-corrected chi connectivity index (χ3v) is 3.15. The van der Waals surface area contributed by atoms with Crippen molar-refractivity contribution in [3.8, 4) is 0 Å². The Bertz CT molecular complexity index is 590. The minimum Gasteiger partial charge on any atom is -0.456 e. The number of para-hydroxylation sites is 1. The molecule has 1 heterocycles. The predicted octanol–water partition coefficient (Wildman–Crippen LogP) is 3.22. The van der Waals surface area contributed by atoms with Crippen LogP contribution in [0.1, 0.15) is 35.2 Å². The Morgan fingerprint density at radius 2 is 2.00 bits per heavy atom. The molecule has 0 saturated carbocycles. The first kappa shape index (κ1) is 14.2. The number of rotatable bonds is 5. The molecule has 0 bridgehead atoms. The maximum Gasteiger partial charge on any atom is 0.289 e. The fourth-order valence-corrected chi connectivity index (χ4v) is 2.11. The van der Waals surface area contributed by atoms with Crippen LogP contribution >= 0.6 is 0 Å². The Morgan fingerprint density at radius 3 is 2.60 bits per heavy atom. The molecular weight excluding hydrogens is 252 g/mol. The summed E-state index contributed by atoms with van der Waals surface area (Å²) in [4.78, 5) is 14.2. The number of amides is 1. The van der Waals surface area contributed by atoms with Crippen LogP contribution in [-0.4, -0.2) is 17.4 Å². The Balaban J connectivity index is 2.19. The van der Waals surface area contributed by atoms with Crippen molar-refractivity contribution in [3.63, 3.8) is 0 Å². The molecule has 2 rings (SSSR count). The molecule has 0 atom stereocenters. The van der Waals surface area contributed by atoms with Gasteiger partial charge in [-0.3, -0.25) is 4.79 Å². The monoisotopic (exact) mass is 272 g/mol. The van der Waals surface area contributed by atoms with Gasteiger partial charge in [-0.1, -0.05) is 25.1 Å². The van der Waals surface area contributed by atoms with Gasteiger partial charge in [0.05, 0.1) is 0 Å². The summed E-state index contributed by atoms with van der Waals surface area (Å²) >= 11 is 0. The SMILES string of the molecule is CCCN(Cc1ccccc1N)C(=O)c1ccc(C)o1. The highest BCUT2D eigenvalue weighted by Crippen LogP contribution is 2.17. The lowest BCUT2D eigenvalue weighted by molar-refractivity contribution is 0.0710. The molecule has 1 aromatic carbocycles. The number of anilines is 1. The first-order chi connectivity index (χ1) is 9.61. The minimum absolute atomic E-state index is 0.0943. The average Bonchev–Trinajstić information content (AvgIpc) is 2.86. The summed E-state index contributed by atoms with van der Waals surface area (Å²) in [6.45, 7) is 5.05. The number of nitrogens with zero attached hydrogens (tertiary/aromatic N) is 1. The van der Waals surface area contributed by atoms with Gasteiger partial charge < -0.3 is 15.1 Å². The lowest BCUT2D eigenvalue weighted by Gasteiger charge is -2.22. The molecule has 0 spiro atoms. The Kier molecular flexibility index (Phi) is 4.45. The molecule has 106 valence electrons. The van der Waals surface area contributed by atoms with Crippen LogP contribution in [0.15, 0.2) is 40.8 Å². The summed E-state index contributed by atoms with van der Waals surface area (Å²) in [5.41, 5.74) is 7.61. The van der Waals surface area contributed by atoms with E-state index in [2.05, 4.69) is 0 Å². The molecule has 0 aliphatic rings. The van der Waals surface area contributed by atoms with Crippen LogP contribution in [0, 0.1) is 6.92 Å². The molecular formula is C16H20N2O2. The van der Waals surface area contributed by atoms with Crippen molar-refractivity contribution in [1.29, 1.82) is 0 Å². The zero-order valence-corrected chi connectivity index (χ0v) is 11.9. The van der Waals surface area contributed by atoms with Gasteiger partial charge in [-0.05, 0) is 37.1 Å². The number of nitrogen functional groups attached to an aromatic ring is 1. The number of carbonyl (C=O) groups excluding carboxylic acids is 1. The van der Waals surface area contributed by atoms with Gasteiger partial charge >= 0.3 is 0 Å². The molecule has 0 radical (unpaired) electrons. The number of nitrogens with two attached hydrogens (primary N) is 1. The Labute approximate surface area is 119 Å². The van der Waals surface area contributed by atoms with Gasteiger partial charge in [0.15, 0.2) is 5.76 Å². The van der Waals surface area contributed by atoms with Crippen LogP contribution in [0.25, 0.3) is 0 Å². The zero-order valence-electron chi connectivity index (χ0n) is 11.9. The lowest BCUT2D eigenvalue weighted by atomic mass is 10.1. The Hall–Kier alpha value is -2.23. The van der Waals surface area contributed by atoms with Crippen LogP contribution < -0.4 is 5.73 Å². The number of aryl methyl sites for hydroxylation is 1. The fourth-order valence-electron chi connectivity index (χ4n) is 2.11. The first-order valence-corrected chi connectivity index (χ1v) is 6.81. The van der Waals surface area contributed by atoms with Gasteiger partial charge in [0.1, 0.15) is 5.76 Å². The van der Waals surface area contributed by atoms with Crippen LogP contribution in [0.4, 0.5) is 5.69 Å². The maximum atomic E-state index is 12.5. The molecule has 0 unspecified atom stereocenters. The summed E-state index contributed by atoms with van der Waals surface area (Å²) in [5.74, 6) is 1.03. The lowest BCUT2D eigenvalue weighted by Crippen LogP contribution is -2.31. The van der Waals surface area contributed by atoms with E-state index in [1.807, 2.05) is 38.1 Å². The molecule has 1 aromatic heterocycles. The van der Waals surface area contributed by atoms with Gasteiger partial charge in [-0.2, -0.15) is 0 Å². The third kappa shape index (κ3) is 3.20. The quantitative estimate of drug-likeness (QED) is 0.850. The van der Waals surface area contributed by atoms with Crippen molar-refractivity contribution in [2.75, 3.05) is 12.3 Å². The number of hydrogen-bond donors (Lipinski definition) is 1. The summed E-state index contributed by atoms with van der Waals surface area (Å²) in [5, 5.41) is 0. The Morgan fingerprint density at radius 1 is 1.25 bits per heavy atom. The van der Waals surface area contributed by atoms with Crippen molar-refractivity contribution in [3.05, 3.63) is 53.5 Å². The van der Waals surface area contributed by atoms with Crippen LogP contribution in [0.2, 0.25) is 0 Å². The van der Waals surface area contributed by atoms with E-state index < -0.39 is 0 Å². The molecule has 4 nitrogen and oxygen atoms in total. The second kappa shape index (κ2) is 6.28. The van der Waals surface area contributed by atoms with Crippen molar-refractivity contribution >= 4 is 11.6 Å². The normalized spacial score (nSPS) is 10.5. The highest BCUT2D eigenvalue weighted by atomic mass is 16.3. The van der Waals surface area contributed by atoms with Crippen LogP contribution in [0.5, 0.6) is 0 Å². The van der Waals surface area contributed by atoms with Crippen molar-refractivity contribution in [2.45, 2.75) is 26.8 Å². The van der Waals surface area contributed by atoms with E-state index in [4.69, 9.17) is 10.2 Å². The molecule has 1 amide bonds. The molecule has 20 heavy (non-hydrogen) atoms. The smallest absolute Gasteiger partial charge is 0.289 e. The fraction of sp³-hybridized carbons (Fsp3) is 0.312. The van der Waals surface area contributed by atoms with Gasteiger partial charge in [0.2, 0.25) is 0 Å². The molecule has 4 heteroatoms. The van der Waals surface area contributed by atoms with E-state index in [1.165, 1.54) is 0 Å². The van der Waals surface area contributed by atoms with E-state index in [1.54, 1.807) is 17.0 Å². The minimum atomic E-state index is -0.0943. The van der Waals surface area contributed by atoms with E-state index in [0.29, 0.717) is 24.5 Å². The van der Waals surface area contributed by atoms with E-state index >= 15 is 0 Å². The number of benzene rings is 1. The molecule has 0 aliphatic heterocycles. The van der Waals surface area contributed by atoms with E-state index in [0.717, 1.165) is 17.7 Å². The molecule has 0 saturated heterocycles. The maximum absolute atomic E-state index is 12.5. The highest BCUT2D eigenvalue weighted by Gasteiger charge is 2.19. The summed E-state index contributed by atoms with van der Waals surface area (Å²) < 4.78 is 5.42. The van der Waals surface area contributed by atoms with Crippen LogP contribution in [0.3, 0.4) is 0 Å². The topological polar surface area (TPSA) is 59.5 Å². The third-order valence-electron chi connectivity index (χ3n) is 3.15. The first-order valence-electron chi connectivity index (χ1n) is 6.81. The number of furan rings is 1. The van der Waals surface area contributed by atoms with Crippen LogP contribution in [-0.2, 0) is 6.54 Å². The van der Waals surface area contributed by atoms with Crippen molar-refractivity contribution < 1.29 is 9.21 Å². The van der Waals surface area contributed by atoms with E-state index in [-0.39, 0.29) is 5.91 Å². The number of hydrogen-bond acceptors (Lipinski definition) is 3. The van der Waals surface area contributed by atoms with Gasteiger partial charge in [-0.25, -0.2) is 0 Å². The van der Waals surface area contributed by atoms with Gasteiger partial charge in [0.25, 0.3) is 5.91 Å². The summed E-state index contributed by atoms with van der Waals surface area (Å²) in [6.07, 6.45) is 0.887. The van der Waals surface area contributed by atoms with Crippen molar-refractivity contribution in [2.24, 2.45) is 0 Å².